The Balaban J connectivity index is 3.01. The molecule has 1 aliphatic rings. The van der Waals surface area contributed by atoms with Gasteiger partial charge in [-0.05, 0) is 13.8 Å². The molecule has 0 aromatic rings. The fraction of sp³-hybridized carbons (Fsp3) is 0.769. The molecule has 1 unspecified atom stereocenters. The Kier molecular flexibility index (Phi) is 5.50. The number of hydrogen-bond acceptors (Lipinski definition) is 7. The zero-order valence-electron chi connectivity index (χ0n) is 12.2. The smallest absolute Gasteiger partial charge is 0.303 e. The fourth-order valence-electron chi connectivity index (χ4n) is 2.25. The zero-order valence-corrected chi connectivity index (χ0v) is 12.2. The molecule has 1 fully saturated rings. The van der Waals surface area contributed by atoms with Gasteiger partial charge in [0, 0.05) is 20.8 Å². The lowest BCUT2D eigenvalue weighted by Gasteiger charge is -2.42. The predicted molar refractivity (Wildman–Crippen MR) is 66.7 cm³/mol. The molecule has 114 valence electrons. The molecule has 0 aromatic heterocycles. The first-order valence-electron chi connectivity index (χ1n) is 6.39. The van der Waals surface area contributed by atoms with Gasteiger partial charge in [-0.2, -0.15) is 0 Å². The van der Waals surface area contributed by atoms with E-state index in [4.69, 9.17) is 18.9 Å². The Morgan fingerprint density at radius 3 is 1.30 bits per heavy atom. The molecule has 1 saturated heterocycles. The van der Waals surface area contributed by atoms with Crippen molar-refractivity contribution in [3.05, 3.63) is 0 Å². The molecular weight excluding hydrogens is 268 g/mol. The minimum atomic E-state index is -0.890. The number of esters is 3. The summed E-state index contributed by atoms with van der Waals surface area (Å²) in [5.41, 5.74) is 0. The lowest BCUT2D eigenvalue weighted by molar-refractivity contribution is -0.240. The maximum atomic E-state index is 11.2. The van der Waals surface area contributed by atoms with Gasteiger partial charge in [0.15, 0.2) is 18.3 Å². The average Bonchev–Trinajstić information content (AvgIpc) is 2.27. The van der Waals surface area contributed by atoms with Crippen LogP contribution in [0.2, 0.25) is 0 Å². The van der Waals surface area contributed by atoms with Crippen LogP contribution >= 0.6 is 0 Å². The summed E-state index contributed by atoms with van der Waals surface area (Å²) >= 11 is 0. The molecule has 0 bridgehead atoms. The number of hydrogen-bond donors (Lipinski definition) is 0. The van der Waals surface area contributed by atoms with Gasteiger partial charge in [0.1, 0.15) is 0 Å². The van der Waals surface area contributed by atoms with Gasteiger partial charge in [-0.15, -0.1) is 0 Å². The van der Waals surface area contributed by atoms with Crippen LogP contribution in [-0.2, 0) is 33.3 Å². The molecule has 0 N–H and O–H groups in total. The van der Waals surface area contributed by atoms with Crippen LogP contribution < -0.4 is 0 Å². The van der Waals surface area contributed by atoms with E-state index in [1.165, 1.54) is 20.8 Å². The molecule has 1 heterocycles. The summed E-state index contributed by atoms with van der Waals surface area (Å²) in [6.45, 7) is 7.13. The molecule has 1 rings (SSSR count). The third-order valence-electron chi connectivity index (χ3n) is 2.91. The van der Waals surface area contributed by atoms with E-state index in [9.17, 15) is 14.4 Å². The van der Waals surface area contributed by atoms with Crippen LogP contribution in [0.5, 0.6) is 0 Å². The Bertz CT molecular complexity index is 364. The molecule has 0 radical (unpaired) electrons. The molecule has 1 aliphatic heterocycles. The third-order valence-corrected chi connectivity index (χ3v) is 2.91. The summed E-state index contributed by atoms with van der Waals surface area (Å²) in [6, 6.07) is 0. The number of ether oxygens (including phenoxy) is 4. The summed E-state index contributed by atoms with van der Waals surface area (Å²) in [4.78, 5) is 33.6. The second-order valence-corrected chi connectivity index (χ2v) is 4.77. The number of carbonyl (C=O) groups excluding carboxylic acids is 3. The molecule has 0 saturated carbocycles. The highest BCUT2D eigenvalue weighted by Crippen LogP contribution is 2.28. The van der Waals surface area contributed by atoms with E-state index < -0.39 is 48.4 Å². The number of carbonyl (C=O) groups is 3. The monoisotopic (exact) mass is 288 g/mol. The first-order chi connectivity index (χ1) is 9.22. The summed E-state index contributed by atoms with van der Waals surface area (Å²) in [5, 5.41) is 0. The van der Waals surface area contributed by atoms with Gasteiger partial charge in [-0.25, -0.2) is 0 Å². The summed E-state index contributed by atoms with van der Waals surface area (Å²) in [6.07, 6.45) is -3.50. The van der Waals surface area contributed by atoms with Crippen LogP contribution in [0, 0.1) is 0 Å². The molecule has 7 nitrogen and oxygen atoms in total. The van der Waals surface area contributed by atoms with Crippen molar-refractivity contribution >= 4 is 17.9 Å². The topological polar surface area (TPSA) is 88.1 Å². The second kappa shape index (κ2) is 6.69. The number of rotatable bonds is 3. The Morgan fingerprint density at radius 1 is 0.700 bits per heavy atom. The largest absolute Gasteiger partial charge is 0.456 e. The van der Waals surface area contributed by atoms with Crippen LogP contribution in [0.3, 0.4) is 0 Å². The second-order valence-electron chi connectivity index (χ2n) is 4.77. The molecule has 0 aliphatic carbocycles. The zero-order chi connectivity index (χ0) is 15.4. The van der Waals surface area contributed by atoms with Crippen LogP contribution in [-0.4, -0.2) is 48.4 Å². The van der Waals surface area contributed by atoms with Crippen LogP contribution in [0.1, 0.15) is 34.6 Å². The lowest BCUT2D eigenvalue weighted by atomic mass is 9.95. The Morgan fingerprint density at radius 2 is 1.00 bits per heavy atom. The van der Waals surface area contributed by atoms with E-state index in [-0.39, 0.29) is 0 Å². The average molecular weight is 288 g/mol. The van der Waals surface area contributed by atoms with E-state index in [1.807, 2.05) is 0 Å². The van der Waals surface area contributed by atoms with Crippen molar-refractivity contribution in [2.75, 3.05) is 0 Å². The summed E-state index contributed by atoms with van der Waals surface area (Å²) < 4.78 is 21.1. The Labute approximate surface area is 117 Å². The molecule has 0 spiro atoms. The van der Waals surface area contributed by atoms with Crippen molar-refractivity contribution in [3.8, 4) is 0 Å². The molecule has 5 atom stereocenters. The highest BCUT2D eigenvalue weighted by Gasteiger charge is 2.48. The predicted octanol–water partition coefficient (Wildman–Crippen LogP) is 0.589. The standard InChI is InChI=1S/C13H20O7/c1-6-11(18-8(3)14)13(20-10(5)16)12(7(2)17-6)19-9(4)15/h6-7,11-13H,1-5H3/t6-,7?,11-,12-,13+/m0/s1. The van der Waals surface area contributed by atoms with E-state index in [1.54, 1.807) is 13.8 Å². The van der Waals surface area contributed by atoms with Crippen molar-refractivity contribution in [1.82, 2.24) is 0 Å². The normalized spacial score (nSPS) is 33.1. The van der Waals surface area contributed by atoms with E-state index in [2.05, 4.69) is 0 Å². The van der Waals surface area contributed by atoms with Gasteiger partial charge < -0.3 is 18.9 Å². The van der Waals surface area contributed by atoms with Crippen molar-refractivity contribution in [3.63, 3.8) is 0 Å². The van der Waals surface area contributed by atoms with Gasteiger partial charge in [0.2, 0.25) is 0 Å². The van der Waals surface area contributed by atoms with Gasteiger partial charge in [0.25, 0.3) is 0 Å². The SMILES string of the molecule is CC(=O)O[C@@H]1[C@@H](OC(C)=O)[C@@H](OC(C)=O)C(C)O[C@H]1C. The maximum absolute atomic E-state index is 11.2. The van der Waals surface area contributed by atoms with Crippen LogP contribution in [0.4, 0.5) is 0 Å². The van der Waals surface area contributed by atoms with Crippen molar-refractivity contribution in [2.24, 2.45) is 0 Å². The van der Waals surface area contributed by atoms with Crippen molar-refractivity contribution < 1.29 is 33.3 Å². The van der Waals surface area contributed by atoms with Crippen LogP contribution in [0.25, 0.3) is 0 Å². The summed E-state index contributed by atoms with van der Waals surface area (Å²) in [7, 11) is 0. The van der Waals surface area contributed by atoms with Gasteiger partial charge >= 0.3 is 17.9 Å². The van der Waals surface area contributed by atoms with Gasteiger partial charge in [-0.1, -0.05) is 0 Å². The van der Waals surface area contributed by atoms with Crippen molar-refractivity contribution in [1.29, 1.82) is 0 Å². The first-order valence-corrected chi connectivity index (χ1v) is 6.39. The minimum absolute atomic E-state index is 0.481. The lowest BCUT2D eigenvalue weighted by Crippen LogP contribution is -2.59. The molecular formula is C13H20O7. The van der Waals surface area contributed by atoms with Crippen LogP contribution in [0.15, 0.2) is 0 Å². The quantitative estimate of drug-likeness (QED) is 0.554. The van der Waals surface area contributed by atoms with Crippen molar-refractivity contribution in [2.45, 2.75) is 65.1 Å². The van der Waals surface area contributed by atoms with Gasteiger partial charge in [-0.3, -0.25) is 14.4 Å². The molecule has 20 heavy (non-hydrogen) atoms. The third kappa shape index (κ3) is 4.19. The molecule has 0 amide bonds. The maximum Gasteiger partial charge on any atom is 0.303 e. The molecule has 0 aromatic carbocycles. The fourth-order valence-corrected chi connectivity index (χ4v) is 2.25. The first kappa shape index (κ1) is 16.4. The minimum Gasteiger partial charge on any atom is -0.456 e. The van der Waals surface area contributed by atoms with E-state index in [0.717, 1.165) is 0 Å². The summed E-state index contributed by atoms with van der Waals surface area (Å²) in [5.74, 6) is -1.61. The highest BCUT2D eigenvalue weighted by molar-refractivity contribution is 5.68. The van der Waals surface area contributed by atoms with E-state index >= 15 is 0 Å². The highest BCUT2D eigenvalue weighted by atomic mass is 16.6. The Hall–Kier alpha value is -1.63. The molecule has 7 heteroatoms. The van der Waals surface area contributed by atoms with E-state index in [0.29, 0.717) is 0 Å². The van der Waals surface area contributed by atoms with Gasteiger partial charge in [0.05, 0.1) is 12.2 Å².